The van der Waals surface area contributed by atoms with Gasteiger partial charge in [0.1, 0.15) is 16.8 Å². The first-order valence-corrected chi connectivity index (χ1v) is 10.7. The molecule has 0 bridgehead atoms. The van der Waals surface area contributed by atoms with Crippen molar-refractivity contribution in [1.82, 2.24) is 5.32 Å². The number of nitrogens with zero attached hydrogens (tertiary/aromatic N) is 1. The number of benzene rings is 2. The number of sulfone groups is 1. The van der Waals surface area contributed by atoms with Gasteiger partial charge in [-0.15, -0.1) is 0 Å². The van der Waals surface area contributed by atoms with Gasteiger partial charge in [0.15, 0.2) is 9.84 Å². The van der Waals surface area contributed by atoms with Crippen LogP contribution in [-0.4, -0.2) is 25.8 Å². The number of rotatable bonds is 7. The van der Waals surface area contributed by atoms with E-state index >= 15 is 0 Å². The van der Waals surface area contributed by atoms with E-state index in [1.54, 1.807) is 0 Å². The van der Waals surface area contributed by atoms with Crippen molar-refractivity contribution < 1.29 is 26.9 Å². The van der Waals surface area contributed by atoms with E-state index in [9.17, 15) is 27.7 Å². The van der Waals surface area contributed by atoms with Crippen LogP contribution in [0.2, 0.25) is 0 Å². The summed E-state index contributed by atoms with van der Waals surface area (Å²) in [5.74, 6) is -1.11. The molecule has 3 aromatic rings. The summed E-state index contributed by atoms with van der Waals surface area (Å²) in [4.78, 5) is 23.1. The maximum Gasteiger partial charge on any atom is 0.273 e. The molecule has 1 aromatic heterocycles. The van der Waals surface area contributed by atoms with Crippen LogP contribution in [0.25, 0.3) is 0 Å². The molecule has 0 fully saturated rings. The van der Waals surface area contributed by atoms with Crippen LogP contribution in [0, 0.1) is 29.8 Å². The smallest absolute Gasteiger partial charge is 0.273 e. The molecule has 0 saturated heterocycles. The van der Waals surface area contributed by atoms with Crippen molar-refractivity contribution in [2.24, 2.45) is 0 Å². The molecule has 0 aliphatic carbocycles. The van der Waals surface area contributed by atoms with Crippen molar-refractivity contribution in [2.45, 2.75) is 24.0 Å². The Labute approximate surface area is 177 Å². The Balaban J connectivity index is 1.92. The molecule has 1 atom stereocenters. The zero-order valence-corrected chi connectivity index (χ0v) is 17.5. The fourth-order valence-electron chi connectivity index (χ4n) is 3.14. The van der Waals surface area contributed by atoms with Gasteiger partial charge in [-0.3, -0.25) is 14.9 Å². The van der Waals surface area contributed by atoms with Gasteiger partial charge in [-0.05, 0) is 55.8 Å². The van der Waals surface area contributed by atoms with E-state index in [0.717, 1.165) is 12.1 Å². The molecule has 0 unspecified atom stereocenters. The van der Waals surface area contributed by atoms with E-state index in [0.29, 0.717) is 0 Å². The minimum Gasteiger partial charge on any atom is -0.468 e. The largest absolute Gasteiger partial charge is 0.468 e. The van der Waals surface area contributed by atoms with Crippen molar-refractivity contribution in [3.05, 3.63) is 93.2 Å². The van der Waals surface area contributed by atoms with Gasteiger partial charge in [-0.1, -0.05) is 6.07 Å². The number of aryl methyl sites for hydroxylation is 1. The Kier molecular flexibility index (Phi) is 6.21. The van der Waals surface area contributed by atoms with Crippen LogP contribution in [-0.2, 0) is 9.84 Å². The van der Waals surface area contributed by atoms with Crippen LogP contribution in [0.1, 0.15) is 32.5 Å². The SMILES string of the molecule is Cc1cc(S(=O)(=O)[C@H](CNC(=O)c2cccc([N+](=O)[O-])c2C)c2ccco2)ccc1F. The summed E-state index contributed by atoms with van der Waals surface area (Å²) in [6.45, 7) is 2.53. The minimum atomic E-state index is -4.06. The van der Waals surface area contributed by atoms with Crippen molar-refractivity contribution >= 4 is 21.4 Å². The highest BCUT2D eigenvalue weighted by Gasteiger charge is 2.32. The van der Waals surface area contributed by atoms with Crippen molar-refractivity contribution in [3.8, 4) is 0 Å². The monoisotopic (exact) mass is 446 g/mol. The topological polar surface area (TPSA) is 120 Å². The summed E-state index contributed by atoms with van der Waals surface area (Å²) in [5.41, 5.74) is 0.166. The van der Waals surface area contributed by atoms with Gasteiger partial charge in [0.25, 0.3) is 11.6 Å². The second kappa shape index (κ2) is 8.68. The molecule has 1 heterocycles. The normalized spacial score (nSPS) is 12.4. The van der Waals surface area contributed by atoms with Crippen molar-refractivity contribution in [1.29, 1.82) is 0 Å². The molecular weight excluding hydrogens is 427 g/mol. The van der Waals surface area contributed by atoms with Crippen LogP contribution < -0.4 is 5.32 Å². The molecule has 1 amide bonds. The third-order valence-corrected chi connectivity index (χ3v) is 6.95. The lowest BCUT2D eigenvalue weighted by Crippen LogP contribution is -2.32. The average Bonchev–Trinajstić information content (AvgIpc) is 3.24. The Morgan fingerprint density at radius 1 is 1.19 bits per heavy atom. The molecule has 162 valence electrons. The third-order valence-electron chi connectivity index (χ3n) is 4.89. The average molecular weight is 446 g/mol. The van der Waals surface area contributed by atoms with E-state index in [4.69, 9.17) is 4.42 Å². The maximum atomic E-state index is 13.6. The Morgan fingerprint density at radius 3 is 2.55 bits per heavy atom. The lowest BCUT2D eigenvalue weighted by molar-refractivity contribution is -0.385. The number of nitro groups is 1. The number of carbonyl (C=O) groups is 1. The summed E-state index contributed by atoms with van der Waals surface area (Å²) in [6, 6.07) is 10.5. The van der Waals surface area contributed by atoms with Gasteiger partial charge < -0.3 is 9.73 Å². The molecular formula is C21H19FN2O6S. The van der Waals surface area contributed by atoms with E-state index in [2.05, 4.69) is 5.32 Å². The highest BCUT2D eigenvalue weighted by Crippen LogP contribution is 2.30. The van der Waals surface area contributed by atoms with Gasteiger partial charge in [0, 0.05) is 23.7 Å². The lowest BCUT2D eigenvalue weighted by Gasteiger charge is -2.17. The van der Waals surface area contributed by atoms with Crippen LogP contribution >= 0.6 is 0 Å². The molecule has 3 rings (SSSR count). The molecule has 0 aliphatic heterocycles. The fraction of sp³-hybridized carbons (Fsp3) is 0.190. The second-order valence-corrected chi connectivity index (χ2v) is 9.01. The first-order chi connectivity index (χ1) is 14.6. The predicted octanol–water partition coefficient (Wildman–Crippen LogP) is 3.89. The number of halogens is 1. The zero-order chi connectivity index (χ0) is 22.8. The molecule has 2 aromatic carbocycles. The van der Waals surface area contributed by atoms with E-state index in [-0.39, 0.29) is 39.6 Å². The number of furan rings is 1. The Morgan fingerprint density at radius 2 is 1.94 bits per heavy atom. The van der Waals surface area contributed by atoms with E-state index in [1.165, 1.54) is 56.5 Å². The molecule has 10 heteroatoms. The predicted molar refractivity (Wildman–Crippen MR) is 110 cm³/mol. The van der Waals surface area contributed by atoms with Gasteiger partial charge in [0.05, 0.1) is 16.1 Å². The third kappa shape index (κ3) is 4.48. The van der Waals surface area contributed by atoms with Crippen molar-refractivity contribution in [2.75, 3.05) is 6.54 Å². The zero-order valence-electron chi connectivity index (χ0n) is 16.7. The van der Waals surface area contributed by atoms with Gasteiger partial charge in [-0.25, -0.2) is 12.8 Å². The highest BCUT2D eigenvalue weighted by atomic mass is 32.2. The van der Waals surface area contributed by atoms with Gasteiger partial charge in [0.2, 0.25) is 0 Å². The number of nitro benzene ring substituents is 1. The molecule has 8 nitrogen and oxygen atoms in total. The van der Waals surface area contributed by atoms with Gasteiger partial charge in [-0.2, -0.15) is 0 Å². The molecule has 0 aliphatic rings. The molecule has 0 spiro atoms. The summed E-state index contributed by atoms with van der Waals surface area (Å²) in [5, 5.41) is 12.4. The van der Waals surface area contributed by atoms with E-state index < -0.39 is 31.7 Å². The van der Waals surface area contributed by atoms with Gasteiger partial charge >= 0.3 is 0 Å². The first-order valence-electron chi connectivity index (χ1n) is 9.18. The molecule has 0 saturated carbocycles. The van der Waals surface area contributed by atoms with Crippen LogP contribution in [0.3, 0.4) is 0 Å². The summed E-state index contributed by atoms with van der Waals surface area (Å²) in [6.07, 6.45) is 1.31. The fourth-order valence-corrected chi connectivity index (χ4v) is 4.81. The Bertz CT molecular complexity index is 1240. The summed E-state index contributed by atoms with van der Waals surface area (Å²) in [7, 11) is -4.06. The number of amides is 1. The highest BCUT2D eigenvalue weighted by molar-refractivity contribution is 7.91. The minimum absolute atomic E-state index is 0.0578. The maximum absolute atomic E-state index is 13.6. The van der Waals surface area contributed by atoms with Crippen LogP contribution in [0.4, 0.5) is 10.1 Å². The summed E-state index contributed by atoms with van der Waals surface area (Å²) < 4.78 is 45.3. The second-order valence-electron chi connectivity index (χ2n) is 6.88. The van der Waals surface area contributed by atoms with E-state index in [1.807, 2.05) is 0 Å². The first kappa shape index (κ1) is 22.2. The number of carbonyl (C=O) groups excluding carboxylic acids is 1. The number of hydrogen-bond donors (Lipinski definition) is 1. The number of hydrogen-bond acceptors (Lipinski definition) is 6. The quantitative estimate of drug-likeness (QED) is 0.334. The molecule has 31 heavy (non-hydrogen) atoms. The van der Waals surface area contributed by atoms with Crippen molar-refractivity contribution in [3.63, 3.8) is 0 Å². The molecule has 1 N–H and O–H groups in total. The standard InChI is InChI=1S/C21H19FN2O6S/c1-13-11-15(8-9-17(13)22)31(28,29)20(19-7-4-10-30-19)12-23-21(25)16-5-3-6-18(14(16)2)24(26)27/h3-11,20H,12H2,1-2H3,(H,23,25)/t20-/m1/s1. The summed E-state index contributed by atoms with van der Waals surface area (Å²) >= 11 is 0. The van der Waals surface area contributed by atoms with Crippen LogP contribution in [0.5, 0.6) is 0 Å². The number of nitrogens with one attached hydrogen (secondary N) is 1. The van der Waals surface area contributed by atoms with Crippen LogP contribution in [0.15, 0.2) is 64.1 Å². The lowest BCUT2D eigenvalue weighted by atomic mass is 10.1. The molecule has 0 radical (unpaired) electrons. The Hall–Kier alpha value is -3.53.